The lowest BCUT2D eigenvalue weighted by atomic mass is 10.0. The maximum atomic E-state index is 5.82. The Morgan fingerprint density at radius 2 is 2.12 bits per heavy atom. The molecule has 2 N–H and O–H groups in total. The van der Waals surface area contributed by atoms with Gasteiger partial charge in [0.25, 0.3) is 0 Å². The summed E-state index contributed by atoms with van der Waals surface area (Å²) in [7, 11) is 0. The minimum atomic E-state index is 0.469. The minimum Gasteiger partial charge on any atom is -0.357 e. The lowest BCUT2D eigenvalue weighted by molar-refractivity contribution is 0.790. The zero-order valence-corrected chi connectivity index (χ0v) is 15.6. The molecule has 0 spiro atoms. The van der Waals surface area contributed by atoms with Crippen molar-refractivity contribution in [2.45, 2.75) is 38.6 Å². The molecular weight excluding hydrogens is 332 g/mol. The Morgan fingerprint density at radius 3 is 2.84 bits per heavy atom. The van der Waals surface area contributed by atoms with E-state index in [2.05, 4.69) is 53.7 Å². The number of aliphatic imine (C=N–C) groups is 1. The topological polar surface area (TPSA) is 49.3 Å². The van der Waals surface area contributed by atoms with E-state index < -0.39 is 0 Å². The van der Waals surface area contributed by atoms with Crippen LogP contribution in [0.2, 0.25) is 5.15 Å². The Balaban J connectivity index is 1.55. The van der Waals surface area contributed by atoms with Crippen LogP contribution in [0.3, 0.4) is 0 Å². The van der Waals surface area contributed by atoms with Crippen molar-refractivity contribution in [3.8, 4) is 0 Å². The average Bonchev–Trinajstić information content (AvgIpc) is 3.36. The van der Waals surface area contributed by atoms with Gasteiger partial charge in [-0.2, -0.15) is 0 Å². The van der Waals surface area contributed by atoms with Gasteiger partial charge in [0.15, 0.2) is 5.96 Å². The Hall–Kier alpha value is -2.07. The second kappa shape index (κ2) is 8.34. The number of aromatic nitrogens is 1. The molecule has 2 atom stereocenters. The second-order valence-electron chi connectivity index (χ2n) is 6.45. The standard InChI is InChI=1S/C20H25ClN4/c1-3-22-20(23-11-10-15-8-9-19(21)24-13-15)25-18-12-17(18)16-7-5-4-6-14(16)2/h4-9,13,17-18H,3,10-12H2,1-2H3,(H2,22,23,25). The van der Waals surface area contributed by atoms with Crippen molar-refractivity contribution in [3.63, 3.8) is 0 Å². The molecule has 5 heteroatoms. The molecule has 1 aromatic carbocycles. The van der Waals surface area contributed by atoms with Gasteiger partial charge in [-0.25, -0.2) is 4.98 Å². The third-order valence-corrected chi connectivity index (χ3v) is 4.73. The van der Waals surface area contributed by atoms with E-state index in [4.69, 9.17) is 16.6 Å². The Labute approximate surface area is 154 Å². The number of nitrogens with zero attached hydrogens (tertiary/aromatic N) is 2. The van der Waals surface area contributed by atoms with Crippen LogP contribution < -0.4 is 10.6 Å². The van der Waals surface area contributed by atoms with E-state index in [-0.39, 0.29) is 0 Å². The number of pyridine rings is 1. The van der Waals surface area contributed by atoms with E-state index in [0.717, 1.165) is 37.5 Å². The van der Waals surface area contributed by atoms with Crippen molar-refractivity contribution in [1.29, 1.82) is 0 Å². The molecule has 1 aliphatic carbocycles. The highest BCUT2D eigenvalue weighted by atomic mass is 35.5. The van der Waals surface area contributed by atoms with Crippen LogP contribution >= 0.6 is 11.6 Å². The van der Waals surface area contributed by atoms with Crippen LogP contribution in [0, 0.1) is 6.92 Å². The molecule has 2 aromatic rings. The quantitative estimate of drug-likeness (QED) is 0.471. The first-order valence-corrected chi connectivity index (χ1v) is 9.26. The lowest BCUT2D eigenvalue weighted by Crippen LogP contribution is -2.39. The molecule has 0 radical (unpaired) electrons. The van der Waals surface area contributed by atoms with Crippen LogP contribution in [0.5, 0.6) is 0 Å². The normalized spacial score (nSPS) is 19.6. The van der Waals surface area contributed by atoms with Crippen LogP contribution in [0.25, 0.3) is 0 Å². The third kappa shape index (κ3) is 4.95. The third-order valence-electron chi connectivity index (χ3n) is 4.50. The predicted molar refractivity (Wildman–Crippen MR) is 104 cm³/mol. The summed E-state index contributed by atoms with van der Waals surface area (Å²) in [5, 5.41) is 7.43. The first kappa shape index (κ1) is 17.7. The van der Waals surface area contributed by atoms with E-state index in [1.165, 1.54) is 11.1 Å². The van der Waals surface area contributed by atoms with Gasteiger partial charge >= 0.3 is 0 Å². The van der Waals surface area contributed by atoms with Gasteiger partial charge in [0.2, 0.25) is 0 Å². The molecule has 0 bridgehead atoms. The summed E-state index contributed by atoms with van der Waals surface area (Å²) < 4.78 is 0. The number of rotatable bonds is 6. The predicted octanol–water partition coefficient (Wildman–Crippen LogP) is 3.70. The molecule has 25 heavy (non-hydrogen) atoms. The fourth-order valence-electron chi connectivity index (χ4n) is 3.05. The van der Waals surface area contributed by atoms with Crippen LogP contribution in [0.4, 0.5) is 0 Å². The van der Waals surface area contributed by atoms with Crippen molar-refractivity contribution in [3.05, 3.63) is 64.4 Å². The Kier molecular flexibility index (Phi) is 5.92. The van der Waals surface area contributed by atoms with Crippen LogP contribution in [-0.4, -0.2) is 30.1 Å². The highest BCUT2D eigenvalue weighted by molar-refractivity contribution is 6.29. The van der Waals surface area contributed by atoms with Crippen LogP contribution in [-0.2, 0) is 6.42 Å². The smallest absolute Gasteiger partial charge is 0.191 e. The van der Waals surface area contributed by atoms with Gasteiger partial charge in [0, 0.05) is 31.2 Å². The van der Waals surface area contributed by atoms with E-state index in [9.17, 15) is 0 Å². The lowest BCUT2D eigenvalue weighted by Gasteiger charge is -2.12. The van der Waals surface area contributed by atoms with Gasteiger partial charge < -0.3 is 10.6 Å². The Bertz CT molecular complexity index is 727. The molecule has 4 nitrogen and oxygen atoms in total. The van der Waals surface area contributed by atoms with Gasteiger partial charge in [0.1, 0.15) is 5.15 Å². The summed E-state index contributed by atoms with van der Waals surface area (Å²) in [5.74, 6) is 1.48. The van der Waals surface area contributed by atoms with E-state index >= 15 is 0 Å². The second-order valence-corrected chi connectivity index (χ2v) is 6.84. The highest BCUT2D eigenvalue weighted by Crippen LogP contribution is 2.41. The fourth-order valence-corrected chi connectivity index (χ4v) is 3.16. The molecule has 1 aliphatic rings. The molecule has 3 rings (SSSR count). The SMILES string of the molecule is CCNC(=NCCc1ccc(Cl)nc1)NC1CC1c1ccccc1C. The number of aryl methyl sites for hydroxylation is 1. The van der Waals surface area contributed by atoms with Gasteiger partial charge in [-0.15, -0.1) is 0 Å². The molecule has 2 unspecified atom stereocenters. The molecule has 1 aromatic heterocycles. The molecular formula is C20H25ClN4. The zero-order valence-electron chi connectivity index (χ0n) is 14.8. The van der Waals surface area contributed by atoms with Gasteiger partial charge in [-0.3, -0.25) is 4.99 Å². The summed E-state index contributed by atoms with van der Waals surface area (Å²) >= 11 is 5.82. The first-order chi connectivity index (χ1) is 12.2. The summed E-state index contributed by atoms with van der Waals surface area (Å²) in [5.41, 5.74) is 3.96. The van der Waals surface area contributed by atoms with Gasteiger partial charge in [-0.1, -0.05) is 41.9 Å². The summed E-state index contributed by atoms with van der Waals surface area (Å²) in [6.07, 6.45) is 3.83. The van der Waals surface area contributed by atoms with Crippen molar-refractivity contribution < 1.29 is 0 Å². The molecule has 0 aliphatic heterocycles. The van der Waals surface area contributed by atoms with Gasteiger partial charge in [-0.05, 0) is 49.4 Å². The fraction of sp³-hybridized carbons (Fsp3) is 0.400. The van der Waals surface area contributed by atoms with Crippen molar-refractivity contribution in [2.75, 3.05) is 13.1 Å². The molecule has 0 amide bonds. The van der Waals surface area contributed by atoms with E-state index in [0.29, 0.717) is 17.1 Å². The molecule has 1 fully saturated rings. The molecule has 0 saturated heterocycles. The monoisotopic (exact) mass is 356 g/mol. The maximum absolute atomic E-state index is 5.82. The summed E-state index contributed by atoms with van der Waals surface area (Å²) in [6, 6.07) is 12.9. The molecule has 1 saturated carbocycles. The van der Waals surface area contributed by atoms with Gasteiger partial charge in [0.05, 0.1) is 0 Å². The largest absolute Gasteiger partial charge is 0.357 e. The van der Waals surface area contributed by atoms with Crippen molar-refractivity contribution >= 4 is 17.6 Å². The number of benzene rings is 1. The Morgan fingerprint density at radius 1 is 1.28 bits per heavy atom. The van der Waals surface area contributed by atoms with Crippen molar-refractivity contribution in [1.82, 2.24) is 15.6 Å². The van der Waals surface area contributed by atoms with E-state index in [1.807, 2.05) is 18.3 Å². The highest BCUT2D eigenvalue weighted by Gasteiger charge is 2.39. The minimum absolute atomic E-state index is 0.469. The van der Waals surface area contributed by atoms with Crippen LogP contribution in [0.1, 0.15) is 36.0 Å². The summed E-state index contributed by atoms with van der Waals surface area (Å²) in [6.45, 7) is 5.85. The average molecular weight is 357 g/mol. The first-order valence-electron chi connectivity index (χ1n) is 8.88. The number of nitrogens with one attached hydrogen (secondary N) is 2. The van der Waals surface area contributed by atoms with E-state index in [1.54, 1.807) is 0 Å². The number of hydrogen-bond donors (Lipinski definition) is 2. The zero-order chi connectivity index (χ0) is 17.6. The molecule has 132 valence electrons. The molecule has 1 heterocycles. The summed E-state index contributed by atoms with van der Waals surface area (Å²) in [4.78, 5) is 8.80. The number of guanidine groups is 1. The maximum Gasteiger partial charge on any atom is 0.191 e. The number of halogens is 1. The van der Waals surface area contributed by atoms with Crippen LogP contribution in [0.15, 0.2) is 47.6 Å². The number of hydrogen-bond acceptors (Lipinski definition) is 2. The van der Waals surface area contributed by atoms with Crippen molar-refractivity contribution in [2.24, 2.45) is 4.99 Å².